The predicted molar refractivity (Wildman–Crippen MR) is 92.2 cm³/mol. The SMILES string of the molecule is O=Nc1c(O)c(C2CCNC3CCCCC32)cc2ccccc12. The van der Waals surface area contributed by atoms with E-state index in [-0.39, 0.29) is 11.4 Å². The molecule has 3 atom stereocenters. The average molecular weight is 310 g/mol. The summed E-state index contributed by atoms with van der Waals surface area (Å²) < 4.78 is 0. The number of nitroso groups, excluding NO2 is 1. The quantitative estimate of drug-likeness (QED) is 0.798. The molecule has 1 aliphatic carbocycles. The number of aromatic hydroxyl groups is 1. The Bertz CT molecular complexity index is 741. The average Bonchev–Trinajstić information content (AvgIpc) is 2.61. The molecule has 23 heavy (non-hydrogen) atoms. The number of fused-ring (bicyclic) bond motifs is 2. The van der Waals surface area contributed by atoms with Gasteiger partial charge in [0, 0.05) is 17.0 Å². The van der Waals surface area contributed by atoms with Crippen molar-refractivity contribution >= 4 is 16.5 Å². The van der Waals surface area contributed by atoms with Crippen LogP contribution < -0.4 is 5.32 Å². The van der Waals surface area contributed by atoms with Crippen LogP contribution in [0, 0.1) is 10.8 Å². The van der Waals surface area contributed by atoms with Crippen LogP contribution >= 0.6 is 0 Å². The summed E-state index contributed by atoms with van der Waals surface area (Å²) in [5, 5.41) is 19.2. The molecule has 1 saturated carbocycles. The number of nitrogens with zero attached hydrogens (tertiary/aromatic N) is 1. The Morgan fingerprint density at radius 3 is 2.83 bits per heavy atom. The van der Waals surface area contributed by atoms with Gasteiger partial charge in [-0.1, -0.05) is 37.1 Å². The standard InChI is InChI=1S/C19H22N2O2/c22-19-16(11-12-5-1-2-6-13(12)18(19)21-23)14-9-10-20-17-8-4-3-7-15(14)17/h1-2,5-6,11,14-15,17,20,22H,3-4,7-10H2. The third kappa shape index (κ3) is 2.41. The van der Waals surface area contributed by atoms with Gasteiger partial charge >= 0.3 is 0 Å². The van der Waals surface area contributed by atoms with Gasteiger partial charge in [-0.25, -0.2) is 0 Å². The number of phenols is 1. The molecule has 2 aromatic rings. The van der Waals surface area contributed by atoms with Crippen molar-refractivity contribution in [2.45, 2.75) is 44.1 Å². The third-order valence-corrected chi connectivity index (χ3v) is 5.71. The van der Waals surface area contributed by atoms with Crippen LogP contribution in [-0.2, 0) is 0 Å². The Hall–Kier alpha value is -1.94. The first-order valence-corrected chi connectivity index (χ1v) is 8.61. The summed E-state index contributed by atoms with van der Waals surface area (Å²) in [4.78, 5) is 11.3. The molecule has 2 N–H and O–H groups in total. The molecule has 2 aromatic carbocycles. The van der Waals surface area contributed by atoms with E-state index in [1.807, 2.05) is 24.3 Å². The second-order valence-corrected chi connectivity index (χ2v) is 6.88. The fourth-order valence-electron chi connectivity index (χ4n) is 4.63. The summed E-state index contributed by atoms with van der Waals surface area (Å²) in [5.41, 5.74) is 1.11. The van der Waals surface area contributed by atoms with E-state index in [1.165, 1.54) is 25.7 Å². The zero-order valence-electron chi connectivity index (χ0n) is 13.2. The van der Waals surface area contributed by atoms with Crippen molar-refractivity contribution in [1.29, 1.82) is 0 Å². The van der Waals surface area contributed by atoms with Crippen molar-refractivity contribution in [2.24, 2.45) is 11.1 Å². The summed E-state index contributed by atoms with van der Waals surface area (Å²) in [6, 6.07) is 10.3. The highest BCUT2D eigenvalue weighted by molar-refractivity contribution is 5.96. The molecule has 0 amide bonds. The lowest BCUT2D eigenvalue weighted by Gasteiger charge is -2.42. The van der Waals surface area contributed by atoms with Crippen LogP contribution in [0.5, 0.6) is 5.75 Å². The fraction of sp³-hybridized carbons (Fsp3) is 0.474. The first kappa shape index (κ1) is 14.6. The van der Waals surface area contributed by atoms with Crippen LogP contribution in [0.1, 0.15) is 43.6 Å². The van der Waals surface area contributed by atoms with E-state index in [2.05, 4.69) is 16.6 Å². The van der Waals surface area contributed by atoms with Gasteiger partial charge in [0.15, 0.2) is 5.69 Å². The Labute approximate surface area is 135 Å². The topological polar surface area (TPSA) is 61.7 Å². The molecule has 2 aliphatic rings. The molecular formula is C19H22N2O2. The molecule has 3 unspecified atom stereocenters. The van der Waals surface area contributed by atoms with E-state index < -0.39 is 0 Å². The van der Waals surface area contributed by atoms with Crippen molar-refractivity contribution in [2.75, 3.05) is 6.54 Å². The highest BCUT2D eigenvalue weighted by atomic mass is 16.3. The first-order chi connectivity index (χ1) is 11.3. The van der Waals surface area contributed by atoms with Crippen LogP contribution in [0.3, 0.4) is 0 Å². The maximum absolute atomic E-state index is 11.3. The normalized spacial score (nSPS) is 27.6. The zero-order chi connectivity index (χ0) is 15.8. The van der Waals surface area contributed by atoms with E-state index in [1.54, 1.807) is 0 Å². The lowest BCUT2D eigenvalue weighted by Crippen LogP contribution is -2.46. The summed E-state index contributed by atoms with van der Waals surface area (Å²) in [5.74, 6) is 0.950. The molecule has 1 heterocycles. The fourth-order valence-corrected chi connectivity index (χ4v) is 4.63. The molecule has 2 fully saturated rings. The summed E-state index contributed by atoms with van der Waals surface area (Å²) >= 11 is 0. The third-order valence-electron chi connectivity index (χ3n) is 5.71. The van der Waals surface area contributed by atoms with E-state index in [9.17, 15) is 10.0 Å². The van der Waals surface area contributed by atoms with Crippen molar-refractivity contribution < 1.29 is 5.11 Å². The summed E-state index contributed by atoms with van der Waals surface area (Å²) in [6.45, 7) is 0.974. The van der Waals surface area contributed by atoms with Crippen LogP contribution in [0.15, 0.2) is 35.5 Å². The zero-order valence-corrected chi connectivity index (χ0v) is 13.2. The largest absolute Gasteiger partial charge is 0.505 e. The smallest absolute Gasteiger partial charge is 0.157 e. The first-order valence-electron chi connectivity index (χ1n) is 8.61. The predicted octanol–water partition coefficient (Wildman–Crippen LogP) is 4.58. The Balaban J connectivity index is 1.84. The van der Waals surface area contributed by atoms with Crippen molar-refractivity contribution in [3.63, 3.8) is 0 Å². The van der Waals surface area contributed by atoms with Gasteiger partial charge in [-0.2, -0.15) is 0 Å². The Kier molecular flexibility index (Phi) is 3.77. The molecule has 1 saturated heterocycles. The number of piperidine rings is 1. The number of hydrogen-bond acceptors (Lipinski definition) is 4. The Morgan fingerprint density at radius 2 is 1.96 bits per heavy atom. The van der Waals surface area contributed by atoms with Crippen molar-refractivity contribution in [1.82, 2.24) is 5.32 Å². The number of phenolic OH excluding ortho intramolecular Hbond substituents is 1. The molecule has 0 spiro atoms. The molecule has 120 valence electrons. The number of rotatable bonds is 2. The molecule has 0 bridgehead atoms. The number of hydrogen-bond donors (Lipinski definition) is 2. The maximum atomic E-state index is 11.3. The van der Waals surface area contributed by atoms with Gasteiger partial charge in [-0.15, -0.1) is 4.91 Å². The van der Waals surface area contributed by atoms with Gasteiger partial charge in [0.05, 0.1) is 0 Å². The van der Waals surface area contributed by atoms with E-state index >= 15 is 0 Å². The minimum atomic E-state index is 0.0925. The van der Waals surface area contributed by atoms with E-state index in [4.69, 9.17) is 0 Å². The van der Waals surface area contributed by atoms with Crippen LogP contribution in [0.4, 0.5) is 5.69 Å². The van der Waals surface area contributed by atoms with Crippen molar-refractivity contribution in [3.05, 3.63) is 40.8 Å². The molecular weight excluding hydrogens is 288 g/mol. The Morgan fingerprint density at radius 1 is 1.13 bits per heavy atom. The molecule has 4 nitrogen and oxygen atoms in total. The monoisotopic (exact) mass is 310 g/mol. The summed E-state index contributed by atoms with van der Waals surface area (Å²) in [7, 11) is 0. The van der Waals surface area contributed by atoms with Gasteiger partial charge < -0.3 is 10.4 Å². The molecule has 1 aliphatic heterocycles. The highest BCUT2D eigenvalue weighted by Gasteiger charge is 2.37. The molecule has 4 rings (SSSR count). The second-order valence-electron chi connectivity index (χ2n) is 6.88. The van der Waals surface area contributed by atoms with Crippen molar-refractivity contribution in [3.8, 4) is 5.75 Å². The number of nitrogens with one attached hydrogen (secondary N) is 1. The maximum Gasteiger partial charge on any atom is 0.157 e. The lowest BCUT2D eigenvalue weighted by molar-refractivity contribution is 0.181. The van der Waals surface area contributed by atoms with Gasteiger partial charge in [-0.05, 0) is 54.3 Å². The van der Waals surface area contributed by atoms with Gasteiger partial charge in [0.1, 0.15) is 5.75 Å². The minimum Gasteiger partial charge on any atom is -0.505 e. The van der Waals surface area contributed by atoms with Crippen LogP contribution in [0.2, 0.25) is 0 Å². The lowest BCUT2D eigenvalue weighted by atomic mass is 9.70. The summed E-state index contributed by atoms with van der Waals surface area (Å²) in [6.07, 6.45) is 5.95. The van der Waals surface area contributed by atoms with Gasteiger partial charge in [0.25, 0.3) is 0 Å². The van der Waals surface area contributed by atoms with Gasteiger partial charge in [-0.3, -0.25) is 0 Å². The minimum absolute atomic E-state index is 0.0925. The van der Waals surface area contributed by atoms with Gasteiger partial charge in [0.2, 0.25) is 0 Å². The van der Waals surface area contributed by atoms with Crippen LogP contribution in [-0.4, -0.2) is 17.7 Å². The molecule has 4 heteroatoms. The second kappa shape index (κ2) is 5.93. The van der Waals surface area contributed by atoms with Crippen LogP contribution in [0.25, 0.3) is 10.8 Å². The number of benzene rings is 2. The van der Waals surface area contributed by atoms with E-state index in [0.29, 0.717) is 17.9 Å². The molecule has 0 radical (unpaired) electrons. The van der Waals surface area contributed by atoms with E-state index in [0.717, 1.165) is 29.3 Å². The highest BCUT2D eigenvalue weighted by Crippen LogP contribution is 2.48. The molecule has 0 aromatic heterocycles.